The average molecular weight is 397 g/mol. The number of rotatable bonds is 6. The summed E-state index contributed by atoms with van der Waals surface area (Å²) in [5.74, 6) is 0.629. The molecular weight excluding hydrogens is 372 g/mol. The summed E-state index contributed by atoms with van der Waals surface area (Å²) in [6.07, 6.45) is 3.51. The Hall–Kier alpha value is -2.51. The Kier molecular flexibility index (Phi) is 5.28. The molecule has 0 fully saturated rings. The highest BCUT2D eigenvalue weighted by atomic mass is 32.2. The van der Waals surface area contributed by atoms with Gasteiger partial charge in [-0.05, 0) is 24.5 Å². The minimum absolute atomic E-state index is 0.201. The monoisotopic (exact) mass is 396 g/mol. The fourth-order valence-electron chi connectivity index (χ4n) is 3.81. The van der Waals surface area contributed by atoms with Gasteiger partial charge in [-0.2, -0.15) is 4.98 Å². The number of nitrogens with one attached hydrogen (secondary N) is 2. The SMILES string of the molecule is C=CCn1c(SCCC)nc(O)c(C2NCCc3c2[nH]c2ccccc32)c1=O. The van der Waals surface area contributed by atoms with Crippen LogP contribution in [0.15, 0.2) is 46.9 Å². The molecule has 0 amide bonds. The summed E-state index contributed by atoms with van der Waals surface area (Å²) in [4.78, 5) is 21.2. The van der Waals surface area contributed by atoms with Gasteiger partial charge in [-0.25, -0.2) is 0 Å². The fourth-order valence-corrected chi connectivity index (χ4v) is 4.66. The molecule has 3 N–H and O–H groups in total. The molecule has 7 heteroatoms. The Bertz CT molecular complexity index is 1090. The van der Waals surface area contributed by atoms with Gasteiger partial charge in [0, 0.05) is 35.4 Å². The number of nitrogens with zero attached hydrogens (tertiary/aromatic N) is 2. The minimum Gasteiger partial charge on any atom is -0.493 e. The molecule has 1 atom stereocenters. The number of fused-ring (bicyclic) bond motifs is 3. The lowest BCUT2D eigenvalue weighted by atomic mass is 9.95. The van der Waals surface area contributed by atoms with Gasteiger partial charge in [0.1, 0.15) is 5.56 Å². The first kappa shape index (κ1) is 18.8. The van der Waals surface area contributed by atoms with Crippen LogP contribution in [0.2, 0.25) is 0 Å². The van der Waals surface area contributed by atoms with E-state index < -0.39 is 6.04 Å². The molecule has 146 valence electrons. The number of allylic oxidation sites excluding steroid dienone is 1. The summed E-state index contributed by atoms with van der Waals surface area (Å²) in [6, 6.07) is 7.71. The molecule has 3 heterocycles. The molecule has 1 aliphatic heterocycles. The molecule has 6 nitrogen and oxygen atoms in total. The third-order valence-corrected chi connectivity index (χ3v) is 6.23. The number of aromatic nitrogens is 3. The molecule has 0 spiro atoms. The van der Waals surface area contributed by atoms with Crippen LogP contribution in [0, 0.1) is 0 Å². The number of hydrogen-bond acceptors (Lipinski definition) is 5. The Balaban J connectivity index is 1.87. The lowest BCUT2D eigenvalue weighted by molar-refractivity contribution is 0.411. The lowest BCUT2D eigenvalue weighted by Gasteiger charge is -2.25. The zero-order valence-corrected chi connectivity index (χ0v) is 16.7. The zero-order valence-electron chi connectivity index (χ0n) is 15.9. The first-order valence-corrected chi connectivity index (χ1v) is 10.5. The van der Waals surface area contributed by atoms with Crippen molar-refractivity contribution in [1.29, 1.82) is 0 Å². The van der Waals surface area contributed by atoms with Crippen LogP contribution in [0.1, 0.15) is 36.2 Å². The van der Waals surface area contributed by atoms with Crippen molar-refractivity contribution >= 4 is 22.7 Å². The van der Waals surface area contributed by atoms with Crippen LogP contribution in [0.4, 0.5) is 0 Å². The van der Waals surface area contributed by atoms with E-state index in [2.05, 4.69) is 34.9 Å². The predicted octanol–water partition coefficient (Wildman–Crippen LogP) is 3.35. The van der Waals surface area contributed by atoms with Crippen LogP contribution in [0.3, 0.4) is 0 Å². The second-order valence-corrected chi connectivity index (χ2v) is 7.95. The van der Waals surface area contributed by atoms with Gasteiger partial charge in [0.25, 0.3) is 5.56 Å². The summed E-state index contributed by atoms with van der Waals surface area (Å²) < 4.78 is 1.60. The van der Waals surface area contributed by atoms with Gasteiger partial charge in [-0.1, -0.05) is 43.0 Å². The van der Waals surface area contributed by atoms with Crippen molar-refractivity contribution in [3.8, 4) is 5.88 Å². The smallest absolute Gasteiger partial charge is 0.263 e. The van der Waals surface area contributed by atoms with Gasteiger partial charge in [0.05, 0.1) is 6.04 Å². The van der Waals surface area contributed by atoms with Crippen LogP contribution in [-0.4, -0.2) is 31.9 Å². The largest absolute Gasteiger partial charge is 0.493 e. The number of aromatic amines is 1. The third-order valence-electron chi connectivity index (χ3n) is 5.04. The van der Waals surface area contributed by atoms with Crippen molar-refractivity contribution in [2.24, 2.45) is 0 Å². The van der Waals surface area contributed by atoms with Crippen molar-refractivity contribution in [2.75, 3.05) is 12.3 Å². The lowest BCUT2D eigenvalue weighted by Crippen LogP contribution is -2.37. The number of hydrogen-bond donors (Lipinski definition) is 3. The Morgan fingerprint density at radius 3 is 3.04 bits per heavy atom. The Labute approximate surface area is 167 Å². The van der Waals surface area contributed by atoms with Gasteiger partial charge in [-0.3, -0.25) is 9.36 Å². The van der Waals surface area contributed by atoms with Crippen molar-refractivity contribution < 1.29 is 5.11 Å². The normalized spacial score (nSPS) is 16.2. The van der Waals surface area contributed by atoms with E-state index in [-0.39, 0.29) is 17.0 Å². The van der Waals surface area contributed by atoms with E-state index >= 15 is 0 Å². The van der Waals surface area contributed by atoms with Gasteiger partial charge < -0.3 is 15.4 Å². The molecular formula is C21H24N4O2S. The molecule has 1 aromatic carbocycles. The van der Waals surface area contributed by atoms with Gasteiger partial charge >= 0.3 is 0 Å². The van der Waals surface area contributed by atoms with E-state index in [0.717, 1.165) is 41.7 Å². The number of H-pyrrole nitrogens is 1. The maximum atomic E-state index is 13.3. The van der Waals surface area contributed by atoms with E-state index in [1.54, 1.807) is 10.6 Å². The topological polar surface area (TPSA) is 82.9 Å². The van der Waals surface area contributed by atoms with Crippen molar-refractivity contribution in [3.05, 3.63) is 64.1 Å². The van der Waals surface area contributed by atoms with Crippen LogP contribution < -0.4 is 10.9 Å². The predicted molar refractivity (Wildman–Crippen MR) is 113 cm³/mol. The van der Waals surface area contributed by atoms with E-state index in [0.29, 0.717) is 11.7 Å². The number of benzene rings is 1. The molecule has 2 aromatic heterocycles. The zero-order chi connectivity index (χ0) is 19.7. The highest BCUT2D eigenvalue weighted by molar-refractivity contribution is 7.99. The molecule has 0 aliphatic carbocycles. The average Bonchev–Trinajstić information content (AvgIpc) is 3.08. The van der Waals surface area contributed by atoms with Crippen LogP contribution in [-0.2, 0) is 13.0 Å². The summed E-state index contributed by atoms with van der Waals surface area (Å²) in [6.45, 7) is 6.92. The number of thioether (sulfide) groups is 1. The summed E-state index contributed by atoms with van der Waals surface area (Å²) in [5.41, 5.74) is 3.22. The molecule has 0 saturated carbocycles. The van der Waals surface area contributed by atoms with E-state index in [1.165, 1.54) is 17.3 Å². The van der Waals surface area contributed by atoms with Gasteiger partial charge in [0.15, 0.2) is 5.16 Å². The van der Waals surface area contributed by atoms with E-state index in [4.69, 9.17) is 0 Å². The first-order valence-electron chi connectivity index (χ1n) is 9.56. The highest BCUT2D eigenvalue weighted by Gasteiger charge is 2.31. The molecule has 4 rings (SSSR count). The van der Waals surface area contributed by atoms with E-state index in [1.807, 2.05) is 18.2 Å². The van der Waals surface area contributed by atoms with E-state index in [9.17, 15) is 9.90 Å². The molecule has 0 saturated heterocycles. The molecule has 3 aromatic rings. The second kappa shape index (κ2) is 7.85. The van der Waals surface area contributed by atoms with Crippen LogP contribution in [0.5, 0.6) is 5.88 Å². The molecule has 0 radical (unpaired) electrons. The molecule has 1 aliphatic rings. The number of aromatic hydroxyl groups is 1. The maximum absolute atomic E-state index is 13.3. The van der Waals surface area contributed by atoms with Gasteiger partial charge in [-0.15, -0.1) is 6.58 Å². The Morgan fingerprint density at radius 1 is 1.43 bits per heavy atom. The third kappa shape index (κ3) is 3.14. The molecule has 0 bridgehead atoms. The standard InChI is InChI=1S/C21H24N4O2S/c1-3-11-25-20(27)16(19(26)24-21(25)28-12-4-2)18-17-14(9-10-22-18)13-7-5-6-8-15(13)23-17/h3,5-8,18,22-23,26H,1,4,9-12H2,2H3. The summed E-state index contributed by atoms with van der Waals surface area (Å²) >= 11 is 1.48. The summed E-state index contributed by atoms with van der Waals surface area (Å²) in [5, 5.41) is 15.8. The van der Waals surface area contributed by atoms with Crippen molar-refractivity contribution in [1.82, 2.24) is 19.9 Å². The number of para-hydroxylation sites is 1. The second-order valence-electron chi connectivity index (χ2n) is 6.88. The maximum Gasteiger partial charge on any atom is 0.263 e. The van der Waals surface area contributed by atoms with Crippen molar-refractivity contribution in [3.63, 3.8) is 0 Å². The fraction of sp³-hybridized carbons (Fsp3) is 0.333. The minimum atomic E-state index is -0.419. The quantitative estimate of drug-likeness (QED) is 0.338. The highest BCUT2D eigenvalue weighted by Crippen LogP contribution is 2.35. The summed E-state index contributed by atoms with van der Waals surface area (Å²) in [7, 11) is 0. The van der Waals surface area contributed by atoms with Crippen LogP contribution >= 0.6 is 11.8 Å². The van der Waals surface area contributed by atoms with Crippen LogP contribution in [0.25, 0.3) is 10.9 Å². The Morgan fingerprint density at radius 2 is 2.25 bits per heavy atom. The molecule has 28 heavy (non-hydrogen) atoms. The van der Waals surface area contributed by atoms with Gasteiger partial charge in [0.2, 0.25) is 5.88 Å². The first-order chi connectivity index (χ1) is 13.7. The van der Waals surface area contributed by atoms with Crippen molar-refractivity contribution in [2.45, 2.75) is 37.5 Å². The molecule has 1 unspecified atom stereocenters.